The van der Waals surface area contributed by atoms with Gasteiger partial charge in [0.25, 0.3) is 0 Å². The highest BCUT2D eigenvalue weighted by atomic mass is 16.5. The van der Waals surface area contributed by atoms with E-state index in [-0.39, 0.29) is 0 Å². The summed E-state index contributed by atoms with van der Waals surface area (Å²) in [6, 6.07) is 0. The third-order valence-electron chi connectivity index (χ3n) is 9.51. The summed E-state index contributed by atoms with van der Waals surface area (Å²) in [6.07, 6.45) is 12.4. The predicted octanol–water partition coefficient (Wildman–Crippen LogP) is 5.64. The summed E-state index contributed by atoms with van der Waals surface area (Å²) in [4.78, 5) is 12.2. The first-order valence-electron chi connectivity index (χ1n) is 11.0. The van der Waals surface area contributed by atoms with E-state index in [0.717, 1.165) is 36.7 Å². The van der Waals surface area contributed by atoms with Crippen LogP contribution in [0.4, 0.5) is 0 Å². The lowest BCUT2D eigenvalue weighted by molar-refractivity contribution is -0.141. The van der Waals surface area contributed by atoms with Gasteiger partial charge in [-0.2, -0.15) is 0 Å². The molecule has 0 aromatic heterocycles. The second kappa shape index (κ2) is 6.36. The van der Waals surface area contributed by atoms with Gasteiger partial charge in [-0.25, -0.2) is 0 Å². The first kappa shape index (κ1) is 18.0. The van der Waals surface area contributed by atoms with Gasteiger partial charge in [-0.3, -0.25) is 4.79 Å². The second-order valence-corrected chi connectivity index (χ2v) is 10.3. The Morgan fingerprint density at radius 3 is 2.40 bits per heavy atom. The molecule has 4 rings (SSSR count). The standard InChI is InChI=1S/C23H38O2/c1-5-25-17-10-12-22(3)16(14-17)6-7-18-20-9-8-19(15(2)24)23(20,4)13-11-21(18)22/h16-21H,5-14H2,1-4H3/t16-,17?,18?,19?,20?,21?,22?,23?/m0/s1. The smallest absolute Gasteiger partial charge is 0.133 e. The summed E-state index contributed by atoms with van der Waals surface area (Å²) in [5, 5.41) is 0. The summed E-state index contributed by atoms with van der Waals surface area (Å²) >= 11 is 0. The van der Waals surface area contributed by atoms with E-state index >= 15 is 0 Å². The van der Waals surface area contributed by atoms with E-state index in [1.54, 1.807) is 0 Å². The molecule has 25 heavy (non-hydrogen) atoms. The first-order valence-corrected chi connectivity index (χ1v) is 11.0. The molecule has 142 valence electrons. The second-order valence-electron chi connectivity index (χ2n) is 10.3. The molecule has 0 N–H and O–H groups in total. The molecule has 2 nitrogen and oxygen atoms in total. The van der Waals surface area contributed by atoms with Gasteiger partial charge in [0.05, 0.1) is 6.10 Å². The number of carbonyl (C=O) groups is 1. The van der Waals surface area contributed by atoms with Crippen LogP contribution in [0.25, 0.3) is 0 Å². The number of hydrogen-bond donors (Lipinski definition) is 0. The quantitative estimate of drug-likeness (QED) is 0.661. The lowest BCUT2D eigenvalue weighted by Gasteiger charge is -2.61. The van der Waals surface area contributed by atoms with E-state index in [9.17, 15) is 4.79 Å². The van der Waals surface area contributed by atoms with Gasteiger partial charge in [-0.1, -0.05) is 13.8 Å². The minimum Gasteiger partial charge on any atom is -0.378 e. The van der Waals surface area contributed by atoms with Crippen molar-refractivity contribution < 1.29 is 9.53 Å². The molecule has 2 heteroatoms. The van der Waals surface area contributed by atoms with Gasteiger partial charge >= 0.3 is 0 Å². The molecule has 0 saturated heterocycles. The molecule has 0 amide bonds. The Hall–Kier alpha value is -0.370. The number of fused-ring (bicyclic) bond motifs is 5. The highest BCUT2D eigenvalue weighted by Crippen LogP contribution is 2.67. The lowest BCUT2D eigenvalue weighted by atomic mass is 9.44. The molecule has 4 saturated carbocycles. The Labute approximate surface area is 154 Å². The molecule has 0 radical (unpaired) electrons. The first-order chi connectivity index (χ1) is 11.9. The van der Waals surface area contributed by atoms with Gasteiger partial charge in [-0.15, -0.1) is 0 Å². The van der Waals surface area contributed by atoms with E-state index in [2.05, 4.69) is 20.8 Å². The van der Waals surface area contributed by atoms with E-state index in [1.165, 1.54) is 51.4 Å². The van der Waals surface area contributed by atoms with Crippen LogP contribution in [0.15, 0.2) is 0 Å². The number of ether oxygens (including phenoxy) is 1. The van der Waals surface area contributed by atoms with Crippen molar-refractivity contribution in [3.8, 4) is 0 Å². The Morgan fingerprint density at radius 2 is 1.68 bits per heavy atom. The van der Waals surface area contributed by atoms with E-state index in [4.69, 9.17) is 4.74 Å². The molecule has 4 aliphatic carbocycles. The molecule has 4 fully saturated rings. The van der Waals surface area contributed by atoms with Crippen molar-refractivity contribution in [3.63, 3.8) is 0 Å². The zero-order chi connectivity index (χ0) is 17.8. The van der Waals surface area contributed by atoms with Gasteiger partial charge < -0.3 is 4.74 Å². The molecule has 8 atom stereocenters. The number of ketones is 1. The Balaban J connectivity index is 1.55. The summed E-state index contributed by atoms with van der Waals surface area (Å²) in [5.41, 5.74) is 0.838. The van der Waals surface area contributed by atoms with Crippen LogP contribution < -0.4 is 0 Å². The fraction of sp³-hybridized carbons (Fsp3) is 0.957. The zero-order valence-electron chi connectivity index (χ0n) is 16.9. The van der Waals surface area contributed by atoms with Gasteiger partial charge in [0, 0.05) is 12.5 Å². The third kappa shape index (κ3) is 2.65. The number of rotatable bonds is 3. The molecular weight excluding hydrogens is 308 g/mol. The largest absolute Gasteiger partial charge is 0.378 e. The minimum absolute atomic E-state index is 0.304. The maximum atomic E-state index is 12.2. The molecule has 0 bridgehead atoms. The predicted molar refractivity (Wildman–Crippen MR) is 101 cm³/mol. The molecular formula is C23H38O2. The molecule has 0 spiro atoms. The topological polar surface area (TPSA) is 26.3 Å². The maximum Gasteiger partial charge on any atom is 0.133 e. The summed E-state index contributed by atoms with van der Waals surface area (Å²) in [6.45, 7) is 9.94. The summed E-state index contributed by atoms with van der Waals surface area (Å²) in [7, 11) is 0. The van der Waals surface area contributed by atoms with Crippen molar-refractivity contribution in [3.05, 3.63) is 0 Å². The van der Waals surface area contributed by atoms with Crippen molar-refractivity contribution in [2.24, 2.45) is 40.4 Å². The van der Waals surface area contributed by atoms with Gasteiger partial charge in [0.1, 0.15) is 5.78 Å². The van der Waals surface area contributed by atoms with Crippen molar-refractivity contribution >= 4 is 5.78 Å². The average Bonchev–Trinajstić information content (AvgIpc) is 2.93. The van der Waals surface area contributed by atoms with Crippen LogP contribution in [-0.2, 0) is 9.53 Å². The van der Waals surface area contributed by atoms with Crippen molar-refractivity contribution in [1.29, 1.82) is 0 Å². The van der Waals surface area contributed by atoms with Crippen LogP contribution in [0.3, 0.4) is 0 Å². The van der Waals surface area contributed by atoms with Crippen molar-refractivity contribution in [2.45, 2.75) is 91.6 Å². The van der Waals surface area contributed by atoms with Crippen molar-refractivity contribution in [1.82, 2.24) is 0 Å². The Morgan fingerprint density at radius 1 is 0.960 bits per heavy atom. The van der Waals surface area contributed by atoms with E-state index < -0.39 is 0 Å². The number of carbonyl (C=O) groups excluding carboxylic acids is 1. The molecule has 0 aromatic rings. The monoisotopic (exact) mass is 346 g/mol. The van der Waals surface area contributed by atoms with Gasteiger partial charge in [-0.05, 0) is 106 Å². The molecule has 7 unspecified atom stereocenters. The minimum atomic E-state index is 0.304. The molecule has 4 aliphatic rings. The van der Waals surface area contributed by atoms with E-state index in [0.29, 0.717) is 28.6 Å². The number of Topliss-reactive ketones (excluding diaryl/α,β-unsaturated/α-hetero) is 1. The summed E-state index contributed by atoms with van der Waals surface area (Å²) in [5.74, 6) is 4.26. The van der Waals surface area contributed by atoms with Gasteiger partial charge in [0.2, 0.25) is 0 Å². The van der Waals surface area contributed by atoms with Crippen LogP contribution in [0.5, 0.6) is 0 Å². The lowest BCUT2D eigenvalue weighted by Crippen LogP contribution is -2.54. The van der Waals surface area contributed by atoms with Crippen LogP contribution in [-0.4, -0.2) is 18.5 Å². The van der Waals surface area contributed by atoms with Crippen LogP contribution in [0.2, 0.25) is 0 Å². The normalized spacial score (nSPS) is 52.2. The maximum absolute atomic E-state index is 12.2. The fourth-order valence-corrected chi connectivity index (χ4v) is 8.27. The fourth-order valence-electron chi connectivity index (χ4n) is 8.27. The van der Waals surface area contributed by atoms with Crippen LogP contribution in [0.1, 0.15) is 85.5 Å². The Kier molecular flexibility index (Phi) is 4.58. The molecule has 0 aromatic carbocycles. The Bertz CT molecular complexity index is 528. The zero-order valence-corrected chi connectivity index (χ0v) is 16.9. The summed E-state index contributed by atoms with van der Waals surface area (Å²) < 4.78 is 6.00. The number of hydrogen-bond acceptors (Lipinski definition) is 2. The molecule has 0 aliphatic heterocycles. The van der Waals surface area contributed by atoms with Gasteiger partial charge in [0.15, 0.2) is 0 Å². The van der Waals surface area contributed by atoms with Crippen molar-refractivity contribution in [2.75, 3.05) is 6.61 Å². The SMILES string of the molecule is CCOC1CCC2(C)C3CCC4(C)C(C(C)=O)CCC4C3CC[C@H]2C1. The van der Waals surface area contributed by atoms with E-state index in [1.807, 2.05) is 6.92 Å². The molecule has 0 heterocycles. The average molecular weight is 347 g/mol. The third-order valence-corrected chi connectivity index (χ3v) is 9.51. The van der Waals surface area contributed by atoms with Crippen LogP contribution >= 0.6 is 0 Å². The highest BCUT2D eigenvalue weighted by Gasteiger charge is 2.60. The highest BCUT2D eigenvalue weighted by molar-refractivity contribution is 5.79. The van der Waals surface area contributed by atoms with Crippen LogP contribution in [0, 0.1) is 40.4 Å².